The van der Waals surface area contributed by atoms with Crippen LogP contribution in [0.2, 0.25) is 0 Å². The van der Waals surface area contributed by atoms with Crippen LogP contribution in [0.3, 0.4) is 0 Å². The molecule has 0 saturated carbocycles. The molecule has 2 nitrogen and oxygen atoms in total. The number of carboxylic acids is 1. The van der Waals surface area contributed by atoms with Crippen molar-refractivity contribution in [3.63, 3.8) is 0 Å². The van der Waals surface area contributed by atoms with Crippen LogP contribution in [-0.4, -0.2) is 16.3 Å². The van der Waals surface area contributed by atoms with Crippen molar-refractivity contribution in [1.29, 1.82) is 0 Å². The monoisotopic (exact) mass is 254 g/mol. The molecule has 0 aromatic heterocycles. The van der Waals surface area contributed by atoms with Gasteiger partial charge in [-0.2, -0.15) is 0 Å². The van der Waals surface area contributed by atoms with E-state index in [1.165, 1.54) is 6.07 Å². The number of carbonyl (C=O) groups is 1. The second kappa shape index (κ2) is 4.33. The molecule has 1 aliphatic rings. The van der Waals surface area contributed by atoms with Crippen LogP contribution >= 0.6 is 11.8 Å². The van der Waals surface area contributed by atoms with E-state index in [-0.39, 0.29) is 11.1 Å². The summed E-state index contributed by atoms with van der Waals surface area (Å²) in [7, 11) is 0. The van der Waals surface area contributed by atoms with Gasteiger partial charge in [-0.1, -0.05) is 6.07 Å². The van der Waals surface area contributed by atoms with Crippen molar-refractivity contribution < 1.29 is 14.3 Å². The van der Waals surface area contributed by atoms with Crippen LogP contribution in [0.4, 0.5) is 4.39 Å². The van der Waals surface area contributed by atoms with E-state index in [1.807, 2.05) is 6.07 Å². The van der Waals surface area contributed by atoms with Crippen LogP contribution < -0.4 is 0 Å². The summed E-state index contributed by atoms with van der Waals surface area (Å²) in [6.45, 7) is 3.43. The third-order valence-corrected chi connectivity index (χ3v) is 4.42. The van der Waals surface area contributed by atoms with Crippen LogP contribution in [0.1, 0.15) is 25.8 Å². The number of hydrogen-bond acceptors (Lipinski definition) is 2. The summed E-state index contributed by atoms with van der Waals surface area (Å²) in [5.74, 6) is -0.972. The van der Waals surface area contributed by atoms with Crippen LogP contribution in [0.15, 0.2) is 23.1 Å². The molecule has 1 heterocycles. The second-order valence-corrected chi connectivity index (χ2v) is 6.40. The average molecular weight is 254 g/mol. The fourth-order valence-corrected chi connectivity index (χ4v) is 3.66. The van der Waals surface area contributed by atoms with Crippen molar-refractivity contribution in [2.45, 2.75) is 36.8 Å². The number of carboxylic acid groups (broad SMARTS) is 1. The van der Waals surface area contributed by atoms with E-state index < -0.39 is 11.4 Å². The van der Waals surface area contributed by atoms with Crippen molar-refractivity contribution in [3.8, 4) is 0 Å². The van der Waals surface area contributed by atoms with Crippen LogP contribution in [0, 0.1) is 11.2 Å². The van der Waals surface area contributed by atoms with Crippen LogP contribution in [-0.2, 0) is 11.2 Å². The second-order valence-electron chi connectivity index (χ2n) is 5.05. The van der Waals surface area contributed by atoms with Gasteiger partial charge in [-0.25, -0.2) is 4.39 Å². The van der Waals surface area contributed by atoms with Gasteiger partial charge in [-0.3, -0.25) is 4.79 Å². The summed E-state index contributed by atoms with van der Waals surface area (Å²) in [5, 5.41) is 9.25. The topological polar surface area (TPSA) is 37.3 Å². The van der Waals surface area contributed by atoms with Crippen LogP contribution in [0.25, 0.3) is 0 Å². The first-order chi connectivity index (χ1) is 7.90. The highest BCUT2D eigenvalue weighted by Gasteiger charge is 2.34. The standard InChI is InChI=1S/C13H15FO2S/c1-13(2,12(15)16)7-8-6-9-10(14)4-3-5-11(9)17-8/h3-5,8H,6-7H2,1-2H3,(H,15,16). The molecule has 1 aliphatic heterocycles. The Balaban J connectivity index is 2.11. The van der Waals surface area contributed by atoms with Gasteiger partial charge >= 0.3 is 5.97 Å². The quantitative estimate of drug-likeness (QED) is 0.898. The number of aliphatic carboxylic acids is 1. The van der Waals surface area contributed by atoms with Crippen molar-refractivity contribution in [2.75, 3.05) is 0 Å². The number of rotatable bonds is 3. The zero-order valence-electron chi connectivity index (χ0n) is 9.87. The summed E-state index contributed by atoms with van der Waals surface area (Å²) in [4.78, 5) is 12.0. The fraction of sp³-hybridized carbons (Fsp3) is 0.462. The number of benzene rings is 1. The molecule has 0 saturated heterocycles. The Morgan fingerprint density at radius 3 is 2.88 bits per heavy atom. The Labute approximate surface area is 104 Å². The number of hydrogen-bond donors (Lipinski definition) is 1. The van der Waals surface area contributed by atoms with E-state index in [1.54, 1.807) is 31.7 Å². The molecule has 1 unspecified atom stereocenters. The third-order valence-electron chi connectivity index (χ3n) is 3.12. The average Bonchev–Trinajstić information content (AvgIpc) is 2.60. The lowest BCUT2D eigenvalue weighted by molar-refractivity contribution is -0.147. The van der Waals surface area contributed by atoms with Gasteiger partial charge in [0.05, 0.1) is 5.41 Å². The lowest BCUT2D eigenvalue weighted by Crippen LogP contribution is -2.27. The molecule has 1 aromatic rings. The van der Waals surface area contributed by atoms with E-state index in [2.05, 4.69) is 0 Å². The molecule has 92 valence electrons. The minimum Gasteiger partial charge on any atom is -0.481 e. The summed E-state index contributed by atoms with van der Waals surface area (Å²) >= 11 is 1.59. The minimum atomic E-state index is -0.797. The molecule has 4 heteroatoms. The minimum absolute atomic E-state index is 0.160. The number of halogens is 1. The molecular weight excluding hydrogens is 239 g/mol. The summed E-state index contributed by atoms with van der Waals surface area (Å²) in [5.41, 5.74) is -0.0143. The van der Waals surface area contributed by atoms with E-state index in [9.17, 15) is 9.18 Å². The van der Waals surface area contributed by atoms with Crippen molar-refractivity contribution in [1.82, 2.24) is 0 Å². The van der Waals surface area contributed by atoms with E-state index in [0.29, 0.717) is 12.8 Å². The fourth-order valence-electron chi connectivity index (χ4n) is 2.07. The van der Waals surface area contributed by atoms with E-state index in [4.69, 9.17) is 5.11 Å². The molecule has 0 fully saturated rings. The molecular formula is C13H15FO2S. The van der Waals surface area contributed by atoms with Crippen molar-refractivity contribution in [3.05, 3.63) is 29.6 Å². The summed E-state index contributed by atoms with van der Waals surface area (Å²) in [6.07, 6.45) is 1.19. The van der Waals surface area contributed by atoms with Gasteiger partial charge < -0.3 is 5.11 Å². The highest BCUT2D eigenvalue weighted by atomic mass is 32.2. The molecule has 17 heavy (non-hydrogen) atoms. The number of thioether (sulfide) groups is 1. The molecule has 0 amide bonds. The largest absolute Gasteiger partial charge is 0.481 e. The molecule has 0 aliphatic carbocycles. The van der Waals surface area contributed by atoms with Gasteiger partial charge in [0.15, 0.2) is 0 Å². The maximum absolute atomic E-state index is 13.5. The third kappa shape index (κ3) is 2.46. The van der Waals surface area contributed by atoms with E-state index >= 15 is 0 Å². The van der Waals surface area contributed by atoms with Gasteiger partial charge in [0, 0.05) is 15.7 Å². The lowest BCUT2D eigenvalue weighted by Gasteiger charge is -2.22. The molecule has 0 radical (unpaired) electrons. The summed E-state index contributed by atoms with van der Waals surface area (Å²) < 4.78 is 13.5. The Morgan fingerprint density at radius 2 is 2.29 bits per heavy atom. The van der Waals surface area contributed by atoms with E-state index in [0.717, 1.165) is 10.5 Å². The zero-order valence-corrected chi connectivity index (χ0v) is 10.7. The predicted molar refractivity (Wildman–Crippen MR) is 65.8 cm³/mol. The van der Waals surface area contributed by atoms with Gasteiger partial charge in [0.1, 0.15) is 5.82 Å². The SMILES string of the molecule is CC(C)(CC1Cc2c(F)cccc2S1)C(=O)O. The van der Waals surface area contributed by atoms with Crippen molar-refractivity contribution >= 4 is 17.7 Å². The maximum Gasteiger partial charge on any atom is 0.309 e. The molecule has 2 rings (SSSR count). The zero-order chi connectivity index (χ0) is 12.6. The Kier molecular flexibility index (Phi) is 3.17. The summed E-state index contributed by atoms with van der Waals surface area (Å²) in [6, 6.07) is 5.06. The maximum atomic E-state index is 13.5. The Morgan fingerprint density at radius 1 is 1.59 bits per heavy atom. The van der Waals surface area contributed by atoms with Gasteiger partial charge in [-0.15, -0.1) is 11.8 Å². The highest BCUT2D eigenvalue weighted by molar-refractivity contribution is 8.00. The smallest absolute Gasteiger partial charge is 0.309 e. The Hall–Kier alpha value is -1.03. The molecule has 1 atom stereocenters. The first-order valence-corrected chi connectivity index (χ1v) is 6.45. The molecule has 0 bridgehead atoms. The highest BCUT2D eigenvalue weighted by Crippen LogP contribution is 2.42. The Bertz CT molecular complexity index is 457. The predicted octanol–water partition coefficient (Wildman–Crippen LogP) is 3.34. The first kappa shape index (κ1) is 12.4. The molecule has 0 spiro atoms. The van der Waals surface area contributed by atoms with Gasteiger partial charge in [-0.05, 0) is 38.8 Å². The normalized spacial score (nSPS) is 19.1. The van der Waals surface area contributed by atoms with Gasteiger partial charge in [0.25, 0.3) is 0 Å². The molecule has 1 aromatic carbocycles. The van der Waals surface area contributed by atoms with Crippen molar-refractivity contribution in [2.24, 2.45) is 5.41 Å². The first-order valence-electron chi connectivity index (χ1n) is 5.57. The van der Waals surface area contributed by atoms with Crippen LogP contribution in [0.5, 0.6) is 0 Å². The number of fused-ring (bicyclic) bond motifs is 1. The van der Waals surface area contributed by atoms with Gasteiger partial charge in [0.2, 0.25) is 0 Å². The molecule has 1 N–H and O–H groups in total. The lowest BCUT2D eigenvalue weighted by atomic mass is 9.86.